The molecule has 0 atom stereocenters. The maximum Gasteiger partial charge on any atom is 0.323 e. The van der Waals surface area contributed by atoms with Gasteiger partial charge in [-0.15, -0.1) is 0 Å². The first kappa shape index (κ1) is 13.8. The summed E-state index contributed by atoms with van der Waals surface area (Å²) in [4.78, 5) is 23.1. The molecule has 102 valence electrons. The van der Waals surface area contributed by atoms with E-state index in [1.54, 1.807) is 36.4 Å². The third kappa shape index (κ3) is 3.66. The van der Waals surface area contributed by atoms with Crippen LogP contribution in [0.2, 0.25) is 0 Å². The number of anilines is 2. The lowest BCUT2D eigenvalue weighted by atomic mass is 10.1. The molecule has 4 N–H and O–H groups in total. The van der Waals surface area contributed by atoms with Crippen molar-refractivity contribution < 1.29 is 9.59 Å². The van der Waals surface area contributed by atoms with Crippen molar-refractivity contribution in [2.24, 2.45) is 5.73 Å². The van der Waals surface area contributed by atoms with Crippen LogP contribution < -0.4 is 16.4 Å². The summed E-state index contributed by atoms with van der Waals surface area (Å²) in [5, 5.41) is 5.38. The SMILES string of the molecule is NCC(=O)c1ccc(NC(=O)Nc2ccccc2)cc1. The summed E-state index contributed by atoms with van der Waals surface area (Å²) in [5.74, 6) is -0.134. The highest BCUT2D eigenvalue weighted by molar-refractivity contribution is 6.01. The Morgan fingerprint density at radius 1 is 0.850 bits per heavy atom. The third-order valence-electron chi connectivity index (χ3n) is 2.68. The lowest BCUT2D eigenvalue weighted by molar-refractivity contribution is 0.100. The first-order valence-corrected chi connectivity index (χ1v) is 6.15. The van der Waals surface area contributed by atoms with Gasteiger partial charge < -0.3 is 16.4 Å². The van der Waals surface area contributed by atoms with Crippen LogP contribution in [0.4, 0.5) is 16.2 Å². The second-order valence-electron chi connectivity index (χ2n) is 4.15. The van der Waals surface area contributed by atoms with Crippen LogP contribution in [0.25, 0.3) is 0 Å². The fourth-order valence-electron chi connectivity index (χ4n) is 1.67. The summed E-state index contributed by atoms with van der Waals surface area (Å²) in [7, 11) is 0. The van der Waals surface area contributed by atoms with Crippen LogP contribution in [-0.4, -0.2) is 18.4 Å². The van der Waals surface area contributed by atoms with Gasteiger partial charge in [-0.1, -0.05) is 18.2 Å². The molecule has 0 fully saturated rings. The van der Waals surface area contributed by atoms with Crippen molar-refractivity contribution in [3.8, 4) is 0 Å². The highest BCUT2D eigenvalue weighted by Crippen LogP contribution is 2.11. The van der Waals surface area contributed by atoms with E-state index < -0.39 is 0 Å². The molecule has 0 aromatic heterocycles. The lowest BCUT2D eigenvalue weighted by Gasteiger charge is -2.08. The van der Waals surface area contributed by atoms with Gasteiger partial charge in [-0.25, -0.2) is 4.79 Å². The molecule has 0 aliphatic carbocycles. The molecule has 0 radical (unpaired) electrons. The predicted molar refractivity (Wildman–Crippen MR) is 78.9 cm³/mol. The van der Waals surface area contributed by atoms with Crippen molar-refractivity contribution in [1.29, 1.82) is 0 Å². The Balaban J connectivity index is 1.96. The molecule has 0 saturated heterocycles. The predicted octanol–water partition coefficient (Wildman–Crippen LogP) is 2.47. The van der Waals surface area contributed by atoms with Gasteiger partial charge in [0.15, 0.2) is 5.78 Å². The second kappa shape index (κ2) is 6.49. The number of ketones is 1. The maximum atomic E-state index is 11.7. The van der Waals surface area contributed by atoms with Crippen LogP contribution in [0.15, 0.2) is 54.6 Å². The highest BCUT2D eigenvalue weighted by Gasteiger charge is 2.05. The number of benzene rings is 2. The number of hydrogen-bond acceptors (Lipinski definition) is 3. The number of carbonyl (C=O) groups excluding carboxylic acids is 2. The fourth-order valence-corrected chi connectivity index (χ4v) is 1.67. The standard InChI is InChI=1S/C15H15N3O2/c16-10-14(19)11-6-8-13(9-7-11)18-15(20)17-12-4-2-1-3-5-12/h1-9H,10,16H2,(H2,17,18,20). The van der Waals surface area contributed by atoms with E-state index in [1.807, 2.05) is 18.2 Å². The number of carbonyl (C=O) groups is 2. The minimum Gasteiger partial charge on any atom is -0.324 e. The number of amides is 2. The monoisotopic (exact) mass is 269 g/mol. The molecule has 0 aliphatic heterocycles. The average molecular weight is 269 g/mol. The maximum absolute atomic E-state index is 11.7. The lowest BCUT2D eigenvalue weighted by Crippen LogP contribution is -2.19. The van der Waals surface area contributed by atoms with Gasteiger partial charge in [0.25, 0.3) is 0 Å². The van der Waals surface area contributed by atoms with Crippen LogP contribution in [0.1, 0.15) is 10.4 Å². The summed E-state index contributed by atoms with van der Waals surface area (Å²) in [6.07, 6.45) is 0. The summed E-state index contributed by atoms with van der Waals surface area (Å²) >= 11 is 0. The van der Waals surface area contributed by atoms with E-state index in [0.717, 1.165) is 0 Å². The number of nitrogens with one attached hydrogen (secondary N) is 2. The van der Waals surface area contributed by atoms with E-state index in [1.165, 1.54) is 0 Å². The minimum atomic E-state index is -0.339. The van der Waals surface area contributed by atoms with Crippen molar-refractivity contribution in [3.63, 3.8) is 0 Å². The van der Waals surface area contributed by atoms with E-state index in [4.69, 9.17) is 5.73 Å². The first-order valence-electron chi connectivity index (χ1n) is 6.15. The summed E-state index contributed by atoms with van der Waals surface area (Å²) in [6.45, 7) is -0.0265. The second-order valence-corrected chi connectivity index (χ2v) is 4.15. The number of para-hydroxylation sites is 1. The van der Waals surface area contributed by atoms with Gasteiger partial charge in [0.05, 0.1) is 6.54 Å². The van der Waals surface area contributed by atoms with Crippen molar-refractivity contribution >= 4 is 23.2 Å². The van der Waals surface area contributed by atoms with Gasteiger partial charge in [0.1, 0.15) is 0 Å². The Morgan fingerprint density at radius 3 is 1.95 bits per heavy atom. The number of nitrogens with two attached hydrogens (primary N) is 1. The Morgan fingerprint density at radius 2 is 1.40 bits per heavy atom. The number of Topliss-reactive ketones (excluding diaryl/α,β-unsaturated/α-hetero) is 1. The molecule has 2 rings (SSSR count). The molecule has 2 aromatic carbocycles. The molecule has 0 spiro atoms. The van der Waals surface area contributed by atoms with Gasteiger partial charge in [-0.2, -0.15) is 0 Å². The molecule has 0 unspecified atom stereocenters. The molecule has 0 aliphatic rings. The molecular formula is C15H15N3O2. The average Bonchev–Trinajstić information content (AvgIpc) is 2.48. The van der Waals surface area contributed by atoms with Gasteiger partial charge in [-0.3, -0.25) is 4.79 Å². The number of urea groups is 1. The summed E-state index contributed by atoms with van der Waals surface area (Å²) in [6, 6.07) is 15.4. The highest BCUT2D eigenvalue weighted by atomic mass is 16.2. The molecule has 0 saturated carbocycles. The molecule has 2 amide bonds. The Kier molecular flexibility index (Phi) is 4.47. The van der Waals surface area contributed by atoms with E-state index in [0.29, 0.717) is 16.9 Å². The van der Waals surface area contributed by atoms with Crippen LogP contribution in [0.3, 0.4) is 0 Å². The van der Waals surface area contributed by atoms with Gasteiger partial charge in [-0.05, 0) is 36.4 Å². The van der Waals surface area contributed by atoms with Crippen LogP contribution >= 0.6 is 0 Å². The van der Waals surface area contributed by atoms with Crippen molar-refractivity contribution in [1.82, 2.24) is 0 Å². The Bertz CT molecular complexity index is 594. The zero-order valence-corrected chi connectivity index (χ0v) is 10.8. The molecule has 20 heavy (non-hydrogen) atoms. The van der Waals surface area contributed by atoms with Gasteiger partial charge >= 0.3 is 6.03 Å². The quantitative estimate of drug-likeness (QED) is 0.745. The molecular weight excluding hydrogens is 254 g/mol. The third-order valence-corrected chi connectivity index (χ3v) is 2.68. The number of rotatable bonds is 4. The van der Waals surface area contributed by atoms with E-state index >= 15 is 0 Å². The minimum absolute atomic E-state index is 0.0265. The zero-order chi connectivity index (χ0) is 14.4. The topological polar surface area (TPSA) is 84.2 Å². The normalized spacial score (nSPS) is 9.85. The number of hydrogen-bond donors (Lipinski definition) is 3. The molecule has 5 heteroatoms. The fraction of sp³-hybridized carbons (Fsp3) is 0.0667. The molecule has 5 nitrogen and oxygen atoms in total. The van der Waals surface area contributed by atoms with E-state index in [-0.39, 0.29) is 18.4 Å². The van der Waals surface area contributed by atoms with E-state index in [2.05, 4.69) is 10.6 Å². The van der Waals surface area contributed by atoms with Crippen LogP contribution in [-0.2, 0) is 0 Å². The molecule has 0 heterocycles. The van der Waals surface area contributed by atoms with Crippen LogP contribution in [0.5, 0.6) is 0 Å². The molecule has 2 aromatic rings. The van der Waals surface area contributed by atoms with Crippen molar-refractivity contribution in [3.05, 3.63) is 60.2 Å². The largest absolute Gasteiger partial charge is 0.324 e. The van der Waals surface area contributed by atoms with Gasteiger partial charge in [0, 0.05) is 16.9 Å². The van der Waals surface area contributed by atoms with E-state index in [9.17, 15) is 9.59 Å². The Labute approximate surface area is 116 Å². The van der Waals surface area contributed by atoms with Crippen molar-refractivity contribution in [2.45, 2.75) is 0 Å². The summed E-state index contributed by atoms with van der Waals surface area (Å²) in [5.41, 5.74) is 7.12. The van der Waals surface area contributed by atoms with Crippen LogP contribution in [0, 0.1) is 0 Å². The first-order chi connectivity index (χ1) is 9.69. The summed E-state index contributed by atoms with van der Waals surface area (Å²) < 4.78 is 0. The van der Waals surface area contributed by atoms with Crippen molar-refractivity contribution in [2.75, 3.05) is 17.2 Å². The molecule has 0 bridgehead atoms. The zero-order valence-electron chi connectivity index (χ0n) is 10.8. The Hall–Kier alpha value is -2.66. The smallest absolute Gasteiger partial charge is 0.323 e. The van der Waals surface area contributed by atoms with Gasteiger partial charge in [0.2, 0.25) is 0 Å².